The summed E-state index contributed by atoms with van der Waals surface area (Å²) in [5, 5.41) is 3.71. The van der Waals surface area contributed by atoms with Gasteiger partial charge >= 0.3 is 0 Å². The number of hydrogen-bond donors (Lipinski definition) is 1. The van der Waals surface area contributed by atoms with Crippen LogP contribution in [0.3, 0.4) is 0 Å². The van der Waals surface area contributed by atoms with E-state index >= 15 is 0 Å². The van der Waals surface area contributed by atoms with E-state index < -0.39 is 0 Å². The van der Waals surface area contributed by atoms with Crippen LogP contribution in [-0.4, -0.2) is 30.7 Å². The molecule has 0 aliphatic carbocycles. The molecule has 1 unspecified atom stereocenters. The molecule has 2 heterocycles. The van der Waals surface area contributed by atoms with Crippen LogP contribution in [0.1, 0.15) is 5.56 Å². The van der Waals surface area contributed by atoms with Gasteiger partial charge in [-0.2, -0.15) is 0 Å². The lowest BCUT2D eigenvalue weighted by Gasteiger charge is -2.46. The molecule has 2 aliphatic heterocycles. The second kappa shape index (κ2) is 5.87. The summed E-state index contributed by atoms with van der Waals surface area (Å²) >= 11 is 7.27. The van der Waals surface area contributed by atoms with Gasteiger partial charge in [0.2, 0.25) is 0 Å². The number of nitrogens with zero attached hydrogens (tertiary/aromatic N) is 2. The Hall–Kier alpha value is -1.04. The Morgan fingerprint density at radius 2 is 1.86 bits per heavy atom. The third kappa shape index (κ3) is 2.66. The van der Waals surface area contributed by atoms with E-state index in [9.17, 15) is 0 Å². The van der Waals surface area contributed by atoms with E-state index in [1.807, 2.05) is 0 Å². The fraction of sp³-hybridized carbons (Fsp3) is 0.294. The van der Waals surface area contributed by atoms with Crippen molar-refractivity contribution in [2.75, 3.05) is 29.9 Å². The Kier molecular flexibility index (Phi) is 3.88. The van der Waals surface area contributed by atoms with E-state index in [4.69, 9.17) is 0 Å². The molecule has 2 aliphatic rings. The summed E-state index contributed by atoms with van der Waals surface area (Å²) in [6, 6.07) is 15.0. The molecule has 0 saturated carbocycles. The summed E-state index contributed by atoms with van der Waals surface area (Å²) in [5.41, 5.74) is 3.90. The highest BCUT2D eigenvalue weighted by atomic mass is 79.9. The molecule has 2 aromatic carbocycles. The number of halogens is 2. The number of para-hydroxylation sites is 1. The maximum Gasteiger partial charge on any atom is 0.0977 e. The second-order valence-electron chi connectivity index (χ2n) is 5.83. The molecule has 5 heteroatoms. The molecule has 1 N–H and O–H groups in total. The van der Waals surface area contributed by atoms with Gasteiger partial charge in [-0.25, -0.2) is 0 Å². The summed E-state index contributed by atoms with van der Waals surface area (Å²) in [4.78, 5) is 4.99. The van der Waals surface area contributed by atoms with Crippen molar-refractivity contribution in [1.29, 1.82) is 0 Å². The molecule has 2 aromatic rings. The average Bonchev–Trinajstić information content (AvgIpc) is 2.53. The summed E-state index contributed by atoms with van der Waals surface area (Å²) < 4.78 is 2.26. The first-order valence-electron chi connectivity index (χ1n) is 7.49. The predicted molar refractivity (Wildman–Crippen MR) is 98.3 cm³/mol. The van der Waals surface area contributed by atoms with Crippen molar-refractivity contribution in [1.82, 2.24) is 4.90 Å². The Labute approximate surface area is 147 Å². The van der Waals surface area contributed by atoms with E-state index in [1.165, 1.54) is 16.9 Å². The Bertz CT molecular complexity index is 690. The molecule has 1 atom stereocenters. The van der Waals surface area contributed by atoms with Gasteiger partial charge in [0.25, 0.3) is 0 Å². The third-order valence-corrected chi connectivity index (χ3v) is 5.52. The highest BCUT2D eigenvalue weighted by Crippen LogP contribution is 2.36. The van der Waals surface area contributed by atoms with Gasteiger partial charge < -0.3 is 10.2 Å². The summed E-state index contributed by atoms with van der Waals surface area (Å²) in [6.07, 6.45) is 0.360. The highest BCUT2D eigenvalue weighted by Gasteiger charge is 2.32. The lowest BCUT2D eigenvalue weighted by Crippen LogP contribution is -2.57. The fourth-order valence-electron chi connectivity index (χ4n) is 3.32. The van der Waals surface area contributed by atoms with Crippen molar-refractivity contribution in [3.8, 4) is 0 Å². The average molecular weight is 423 g/mol. The van der Waals surface area contributed by atoms with Crippen molar-refractivity contribution < 1.29 is 0 Å². The predicted octanol–water partition coefficient (Wildman–Crippen LogP) is 4.29. The van der Waals surface area contributed by atoms with E-state index in [0.717, 1.165) is 35.1 Å². The highest BCUT2D eigenvalue weighted by molar-refractivity contribution is 9.11. The first-order chi connectivity index (χ1) is 10.7. The first-order valence-corrected chi connectivity index (χ1v) is 9.08. The van der Waals surface area contributed by atoms with Gasteiger partial charge in [0.05, 0.1) is 18.4 Å². The first kappa shape index (κ1) is 14.5. The quantitative estimate of drug-likeness (QED) is 0.739. The zero-order valence-corrected chi connectivity index (χ0v) is 15.3. The molecule has 22 heavy (non-hydrogen) atoms. The minimum absolute atomic E-state index is 0.360. The van der Waals surface area contributed by atoms with E-state index in [2.05, 4.69) is 89.4 Å². The van der Waals surface area contributed by atoms with Crippen LogP contribution in [0.4, 0.5) is 11.4 Å². The van der Waals surface area contributed by atoms with Gasteiger partial charge in [-0.1, -0.05) is 34.1 Å². The molecule has 114 valence electrons. The number of anilines is 2. The van der Waals surface area contributed by atoms with Gasteiger partial charge in [-0.3, -0.25) is 4.90 Å². The Balaban J connectivity index is 1.59. The fourth-order valence-corrected chi connectivity index (χ4v) is 4.75. The lowest BCUT2D eigenvalue weighted by atomic mass is 10.1. The second-order valence-corrected chi connectivity index (χ2v) is 7.60. The van der Waals surface area contributed by atoms with E-state index in [0.29, 0.717) is 6.17 Å². The maximum absolute atomic E-state index is 3.71. The Morgan fingerprint density at radius 1 is 1.05 bits per heavy atom. The zero-order valence-electron chi connectivity index (χ0n) is 12.1. The van der Waals surface area contributed by atoms with Crippen LogP contribution in [0.15, 0.2) is 51.4 Å². The van der Waals surface area contributed by atoms with Crippen LogP contribution >= 0.6 is 31.9 Å². The normalized spacial score (nSPS) is 21.0. The van der Waals surface area contributed by atoms with Gasteiger partial charge in [0.15, 0.2) is 0 Å². The molecule has 0 amide bonds. The zero-order chi connectivity index (χ0) is 15.1. The number of fused-ring (bicyclic) bond motifs is 2. The molecule has 4 rings (SSSR count). The number of nitrogens with one attached hydrogen (secondary N) is 1. The summed E-state index contributed by atoms with van der Waals surface area (Å²) in [6.45, 7) is 4.17. The molecular formula is C17H17Br2N3. The largest absolute Gasteiger partial charge is 0.367 e. The van der Waals surface area contributed by atoms with Gasteiger partial charge in [0, 0.05) is 34.3 Å². The van der Waals surface area contributed by atoms with Crippen LogP contribution in [0.5, 0.6) is 0 Å². The van der Waals surface area contributed by atoms with E-state index in [1.54, 1.807) is 0 Å². The molecule has 0 bridgehead atoms. The third-order valence-electron chi connectivity index (χ3n) is 4.43. The smallest absolute Gasteiger partial charge is 0.0977 e. The van der Waals surface area contributed by atoms with Crippen LogP contribution in [-0.2, 0) is 6.54 Å². The molecule has 0 spiro atoms. The van der Waals surface area contributed by atoms with Crippen LogP contribution in [0, 0.1) is 0 Å². The van der Waals surface area contributed by atoms with Crippen molar-refractivity contribution in [2.45, 2.75) is 12.7 Å². The number of hydrogen-bond acceptors (Lipinski definition) is 3. The topological polar surface area (TPSA) is 18.5 Å². The molecule has 3 nitrogen and oxygen atoms in total. The molecule has 0 aromatic heterocycles. The van der Waals surface area contributed by atoms with Crippen LogP contribution < -0.4 is 10.2 Å². The number of benzene rings is 2. The minimum Gasteiger partial charge on any atom is -0.367 e. The molecule has 0 radical (unpaired) electrons. The number of rotatable bonds is 1. The van der Waals surface area contributed by atoms with Crippen LogP contribution in [0.2, 0.25) is 0 Å². The standard InChI is InChI=1S/C17H17Br2N3/c18-13-8-12-10-22-7-6-21(14-4-2-1-3-5-14)11-16(22)20-17(12)15(19)9-13/h1-5,8-9,16,20H,6-7,10-11H2. The molecule has 1 fully saturated rings. The monoisotopic (exact) mass is 421 g/mol. The molecule has 1 saturated heterocycles. The minimum atomic E-state index is 0.360. The summed E-state index contributed by atoms with van der Waals surface area (Å²) in [7, 11) is 0. The molecular weight excluding hydrogens is 406 g/mol. The van der Waals surface area contributed by atoms with Crippen molar-refractivity contribution >= 4 is 43.2 Å². The Morgan fingerprint density at radius 3 is 2.68 bits per heavy atom. The van der Waals surface area contributed by atoms with Gasteiger partial charge in [0.1, 0.15) is 0 Å². The van der Waals surface area contributed by atoms with Crippen molar-refractivity contribution in [2.24, 2.45) is 0 Å². The van der Waals surface area contributed by atoms with Crippen molar-refractivity contribution in [3.05, 3.63) is 57.0 Å². The summed E-state index contributed by atoms with van der Waals surface area (Å²) in [5.74, 6) is 0. The van der Waals surface area contributed by atoms with Gasteiger partial charge in [-0.15, -0.1) is 0 Å². The van der Waals surface area contributed by atoms with Crippen molar-refractivity contribution in [3.63, 3.8) is 0 Å². The van der Waals surface area contributed by atoms with Crippen LogP contribution in [0.25, 0.3) is 0 Å². The van der Waals surface area contributed by atoms with Gasteiger partial charge in [-0.05, 0) is 45.8 Å². The lowest BCUT2D eigenvalue weighted by molar-refractivity contribution is 0.179. The SMILES string of the molecule is Brc1cc(Br)c2c(c1)CN1CCN(c3ccccc3)CC1N2. The maximum atomic E-state index is 3.71. The number of piperazine rings is 1. The van der Waals surface area contributed by atoms with E-state index in [-0.39, 0.29) is 0 Å².